The Morgan fingerprint density at radius 2 is 1.48 bits per heavy atom. The van der Waals surface area contributed by atoms with E-state index in [1.54, 1.807) is 7.11 Å². The predicted molar refractivity (Wildman–Crippen MR) is 115 cm³/mol. The second kappa shape index (κ2) is 9.89. The molecule has 150 valence electrons. The lowest BCUT2D eigenvalue weighted by Crippen LogP contribution is -2.29. The van der Waals surface area contributed by atoms with Gasteiger partial charge in [-0.05, 0) is 54.8 Å². The van der Waals surface area contributed by atoms with Gasteiger partial charge in [-0.25, -0.2) is 0 Å². The summed E-state index contributed by atoms with van der Waals surface area (Å²) in [6.45, 7) is 4.55. The highest BCUT2D eigenvalue weighted by molar-refractivity contribution is 5.94. The van der Waals surface area contributed by atoms with Crippen LogP contribution in [0.15, 0.2) is 78.9 Å². The van der Waals surface area contributed by atoms with Gasteiger partial charge in [0.1, 0.15) is 5.75 Å². The molecule has 0 aromatic heterocycles. The van der Waals surface area contributed by atoms with Gasteiger partial charge in [0.25, 0.3) is 5.91 Å². The standard InChI is InChI=1S/C25H27NO3/c1-18(2)29-17-19-9-11-22(12-10-19)25(27)26-24(20-7-5-4-6-8-20)21-13-15-23(28-3)16-14-21/h4-16,18,24H,17H2,1-3H3,(H,26,27). The molecule has 0 heterocycles. The molecule has 0 spiro atoms. The first-order chi connectivity index (χ1) is 14.1. The highest BCUT2D eigenvalue weighted by atomic mass is 16.5. The lowest BCUT2D eigenvalue weighted by Gasteiger charge is -2.20. The number of benzene rings is 3. The van der Waals surface area contributed by atoms with Gasteiger partial charge in [-0.1, -0.05) is 54.6 Å². The third-order valence-electron chi connectivity index (χ3n) is 4.66. The maximum absolute atomic E-state index is 12.9. The van der Waals surface area contributed by atoms with Gasteiger partial charge in [-0.2, -0.15) is 0 Å². The summed E-state index contributed by atoms with van der Waals surface area (Å²) in [4.78, 5) is 12.9. The van der Waals surface area contributed by atoms with Crippen LogP contribution in [-0.2, 0) is 11.3 Å². The van der Waals surface area contributed by atoms with Gasteiger partial charge in [-0.3, -0.25) is 4.79 Å². The van der Waals surface area contributed by atoms with Crippen molar-refractivity contribution in [3.05, 3.63) is 101 Å². The fourth-order valence-electron chi connectivity index (χ4n) is 3.03. The number of nitrogens with one attached hydrogen (secondary N) is 1. The highest BCUT2D eigenvalue weighted by Gasteiger charge is 2.18. The third kappa shape index (κ3) is 5.69. The zero-order valence-electron chi connectivity index (χ0n) is 17.1. The van der Waals surface area contributed by atoms with Crippen LogP contribution in [0.4, 0.5) is 0 Å². The Morgan fingerprint density at radius 1 is 0.862 bits per heavy atom. The van der Waals surface area contributed by atoms with Crippen LogP contribution in [-0.4, -0.2) is 19.1 Å². The smallest absolute Gasteiger partial charge is 0.252 e. The molecule has 0 aliphatic rings. The average Bonchev–Trinajstić information content (AvgIpc) is 2.77. The van der Waals surface area contributed by atoms with Crippen LogP contribution in [0.2, 0.25) is 0 Å². The molecule has 4 heteroatoms. The number of ether oxygens (including phenoxy) is 2. The Labute approximate surface area is 172 Å². The molecule has 0 saturated heterocycles. The minimum atomic E-state index is -0.251. The molecule has 0 bridgehead atoms. The number of amides is 1. The Hall–Kier alpha value is -3.11. The molecule has 0 saturated carbocycles. The molecular weight excluding hydrogens is 362 g/mol. The predicted octanol–water partition coefficient (Wildman–Crippen LogP) is 5.14. The molecule has 3 rings (SSSR count). The Balaban J connectivity index is 1.79. The fourth-order valence-corrected chi connectivity index (χ4v) is 3.03. The van der Waals surface area contributed by atoms with Crippen LogP contribution in [0, 0.1) is 0 Å². The van der Waals surface area contributed by atoms with Crippen molar-refractivity contribution >= 4 is 5.91 Å². The Morgan fingerprint density at radius 3 is 2.07 bits per heavy atom. The zero-order valence-corrected chi connectivity index (χ0v) is 17.1. The van der Waals surface area contributed by atoms with Crippen molar-refractivity contribution in [2.45, 2.75) is 32.6 Å². The first kappa shape index (κ1) is 20.6. The van der Waals surface area contributed by atoms with E-state index in [-0.39, 0.29) is 18.1 Å². The number of carbonyl (C=O) groups excluding carboxylic acids is 1. The molecule has 0 fully saturated rings. The van der Waals surface area contributed by atoms with Crippen molar-refractivity contribution in [2.75, 3.05) is 7.11 Å². The highest BCUT2D eigenvalue weighted by Crippen LogP contribution is 2.24. The third-order valence-corrected chi connectivity index (χ3v) is 4.66. The summed E-state index contributed by atoms with van der Waals surface area (Å²) in [5.41, 5.74) is 3.68. The Kier molecular flexibility index (Phi) is 7.04. The minimum absolute atomic E-state index is 0.119. The first-order valence-corrected chi connectivity index (χ1v) is 9.77. The normalized spacial score (nSPS) is 11.9. The summed E-state index contributed by atoms with van der Waals surface area (Å²) in [5.74, 6) is 0.664. The number of methoxy groups -OCH3 is 1. The van der Waals surface area contributed by atoms with Crippen molar-refractivity contribution in [1.82, 2.24) is 5.32 Å². The number of rotatable bonds is 8. The molecule has 1 unspecified atom stereocenters. The molecule has 4 nitrogen and oxygen atoms in total. The SMILES string of the molecule is COc1ccc(C(NC(=O)c2ccc(COC(C)C)cc2)c2ccccc2)cc1. The van der Waals surface area contributed by atoms with E-state index in [1.165, 1.54) is 0 Å². The second-order valence-corrected chi connectivity index (χ2v) is 7.15. The van der Waals surface area contributed by atoms with E-state index in [4.69, 9.17) is 9.47 Å². The maximum Gasteiger partial charge on any atom is 0.252 e. The topological polar surface area (TPSA) is 47.6 Å². The van der Waals surface area contributed by atoms with Gasteiger partial charge in [0.2, 0.25) is 0 Å². The van der Waals surface area contributed by atoms with Crippen molar-refractivity contribution in [2.24, 2.45) is 0 Å². The van der Waals surface area contributed by atoms with Crippen molar-refractivity contribution in [1.29, 1.82) is 0 Å². The molecule has 3 aromatic carbocycles. The summed E-state index contributed by atoms with van der Waals surface area (Å²) >= 11 is 0. The lowest BCUT2D eigenvalue weighted by molar-refractivity contribution is 0.0656. The molecule has 1 amide bonds. The Bertz CT molecular complexity index is 903. The van der Waals surface area contributed by atoms with Gasteiger partial charge in [-0.15, -0.1) is 0 Å². The summed E-state index contributed by atoms with van der Waals surface area (Å²) in [5, 5.41) is 3.16. The monoisotopic (exact) mass is 389 g/mol. The summed E-state index contributed by atoms with van der Waals surface area (Å²) in [6, 6.07) is 25.0. The maximum atomic E-state index is 12.9. The van der Waals surface area contributed by atoms with Gasteiger partial charge < -0.3 is 14.8 Å². The van der Waals surface area contributed by atoms with Gasteiger partial charge in [0.15, 0.2) is 0 Å². The molecule has 1 atom stereocenters. The number of carbonyl (C=O) groups is 1. The van der Waals surface area contributed by atoms with E-state index in [2.05, 4.69) is 5.32 Å². The fraction of sp³-hybridized carbons (Fsp3) is 0.240. The van der Waals surface area contributed by atoms with E-state index in [0.29, 0.717) is 12.2 Å². The number of hydrogen-bond acceptors (Lipinski definition) is 3. The molecule has 29 heavy (non-hydrogen) atoms. The summed E-state index contributed by atoms with van der Waals surface area (Å²) in [7, 11) is 1.64. The summed E-state index contributed by atoms with van der Waals surface area (Å²) < 4.78 is 10.9. The molecule has 3 aromatic rings. The lowest BCUT2D eigenvalue weighted by atomic mass is 9.98. The molecular formula is C25H27NO3. The van der Waals surface area contributed by atoms with Crippen molar-refractivity contribution in [3.8, 4) is 5.75 Å². The van der Waals surface area contributed by atoms with Gasteiger partial charge in [0, 0.05) is 5.56 Å². The number of hydrogen-bond donors (Lipinski definition) is 1. The first-order valence-electron chi connectivity index (χ1n) is 9.77. The summed E-state index contributed by atoms with van der Waals surface area (Å²) in [6.07, 6.45) is 0.175. The van der Waals surface area contributed by atoms with Crippen LogP contribution in [0.1, 0.15) is 46.9 Å². The van der Waals surface area contributed by atoms with E-state index in [9.17, 15) is 4.79 Å². The quantitative estimate of drug-likeness (QED) is 0.580. The van der Waals surface area contributed by atoms with E-state index in [1.807, 2.05) is 92.7 Å². The van der Waals surface area contributed by atoms with Crippen LogP contribution >= 0.6 is 0 Å². The van der Waals surface area contributed by atoms with Crippen LogP contribution in [0.5, 0.6) is 5.75 Å². The van der Waals surface area contributed by atoms with Crippen molar-refractivity contribution < 1.29 is 14.3 Å². The molecule has 0 aliphatic heterocycles. The largest absolute Gasteiger partial charge is 0.497 e. The van der Waals surface area contributed by atoms with Crippen LogP contribution in [0.3, 0.4) is 0 Å². The van der Waals surface area contributed by atoms with E-state index >= 15 is 0 Å². The molecule has 0 aliphatic carbocycles. The van der Waals surface area contributed by atoms with E-state index < -0.39 is 0 Å². The minimum Gasteiger partial charge on any atom is -0.497 e. The van der Waals surface area contributed by atoms with Crippen LogP contribution in [0.25, 0.3) is 0 Å². The average molecular weight is 389 g/mol. The van der Waals surface area contributed by atoms with E-state index in [0.717, 1.165) is 22.4 Å². The van der Waals surface area contributed by atoms with Crippen molar-refractivity contribution in [3.63, 3.8) is 0 Å². The molecule has 1 N–H and O–H groups in total. The van der Waals surface area contributed by atoms with Gasteiger partial charge in [0.05, 0.1) is 25.9 Å². The second-order valence-electron chi connectivity index (χ2n) is 7.15. The van der Waals surface area contributed by atoms with Gasteiger partial charge >= 0.3 is 0 Å². The van der Waals surface area contributed by atoms with Crippen LogP contribution < -0.4 is 10.1 Å². The zero-order chi connectivity index (χ0) is 20.6. The molecule has 0 radical (unpaired) electrons.